The Hall–Kier alpha value is -2.75. The first-order valence-electron chi connectivity index (χ1n) is 9.31. The van der Waals surface area contributed by atoms with Crippen molar-refractivity contribution < 1.29 is 17.9 Å². The molecule has 0 saturated heterocycles. The lowest BCUT2D eigenvalue weighted by molar-refractivity contribution is -0.116. The average Bonchev–Trinajstić information content (AvgIpc) is 3.22. The van der Waals surface area contributed by atoms with Gasteiger partial charge in [0.25, 0.3) is 0 Å². The summed E-state index contributed by atoms with van der Waals surface area (Å²) in [5, 5.41) is 5.19. The van der Waals surface area contributed by atoms with Gasteiger partial charge in [0.2, 0.25) is 15.9 Å². The fourth-order valence-corrected chi connectivity index (χ4v) is 4.71. The van der Waals surface area contributed by atoms with Crippen LogP contribution in [-0.4, -0.2) is 44.3 Å². The number of benzene rings is 2. The molecule has 3 rings (SSSR count). The van der Waals surface area contributed by atoms with Gasteiger partial charge < -0.3 is 10.1 Å². The number of anilines is 1. The second-order valence-corrected chi connectivity index (χ2v) is 9.46. The molecular weight excluding hydrogens is 422 g/mol. The molecule has 2 aromatic carbocycles. The summed E-state index contributed by atoms with van der Waals surface area (Å²) in [6.45, 7) is 0.231. The Morgan fingerprint density at radius 2 is 1.83 bits per heavy atom. The van der Waals surface area contributed by atoms with E-state index in [0.29, 0.717) is 17.3 Å². The molecule has 0 fully saturated rings. The number of nitrogens with zero attached hydrogens (tertiary/aromatic N) is 2. The van der Waals surface area contributed by atoms with E-state index < -0.39 is 10.0 Å². The van der Waals surface area contributed by atoms with Gasteiger partial charge in [-0.25, -0.2) is 17.7 Å². The van der Waals surface area contributed by atoms with Crippen molar-refractivity contribution >= 4 is 32.4 Å². The molecule has 1 aromatic heterocycles. The first-order chi connectivity index (χ1) is 14.4. The summed E-state index contributed by atoms with van der Waals surface area (Å²) in [6.07, 6.45) is 0.595. The highest BCUT2D eigenvalue weighted by Gasteiger charge is 2.20. The number of methoxy groups -OCH3 is 1. The molecule has 0 spiro atoms. The number of sulfonamides is 1. The van der Waals surface area contributed by atoms with Crippen LogP contribution in [-0.2, 0) is 14.8 Å². The maximum Gasteiger partial charge on any atom is 0.242 e. The highest BCUT2D eigenvalue weighted by molar-refractivity contribution is 7.89. The summed E-state index contributed by atoms with van der Waals surface area (Å²) in [4.78, 5) is 16.8. The van der Waals surface area contributed by atoms with E-state index in [1.54, 1.807) is 12.1 Å². The standard InChI is InChI=1S/C21H23N3O4S2/c1-24(30(26,27)18-12-10-17(28-2)11-13-18)14-6-9-20(25)23-21-22-19(15-29-21)16-7-4-3-5-8-16/h3-5,7-8,10-13,15H,6,9,14H2,1-2H3,(H,22,23,25). The number of amides is 1. The molecular formula is C21H23N3O4S2. The van der Waals surface area contributed by atoms with Crippen LogP contribution in [0.3, 0.4) is 0 Å². The summed E-state index contributed by atoms with van der Waals surface area (Å²) in [6, 6.07) is 15.9. The molecule has 0 aliphatic heterocycles. The van der Waals surface area contributed by atoms with Crippen LogP contribution < -0.4 is 10.1 Å². The van der Waals surface area contributed by atoms with Gasteiger partial charge in [-0.1, -0.05) is 30.3 Å². The van der Waals surface area contributed by atoms with Crippen molar-refractivity contribution in [3.05, 3.63) is 60.0 Å². The largest absolute Gasteiger partial charge is 0.497 e. The normalized spacial score (nSPS) is 11.4. The third-order valence-electron chi connectivity index (χ3n) is 4.46. The lowest BCUT2D eigenvalue weighted by atomic mass is 10.2. The van der Waals surface area contributed by atoms with Crippen molar-refractivity contribution in [3.8, 4) is 17.0 Å². The fourth-order valence-electron chi connectivity index (χ4n) is 2.76. The first-order valence-corrected chi connectivity index (χ1v) is 11.6. The summed E-state index contributed by atoms with van der Waals surface area (Å²) in [7, 11) is -0.585. The Labute approximate surface area is 180 Å². The van der Waals surface area contributed by atoms with Gasteiger partial charge in [-0.15, -0.1) is 11.3 Å². The van der Waals surface area contributed by atoms with Gasteiger partial charge in [0.15, 0.2) is 5.13 Å². The topological polar surface area (TPSA) is 88.6 Å². The number of carbonyl (C=O) groups is 1. The number of thiazole rings is 1. The van der Waals surface area contributed by atoms with E-state index in [-0.39, 0.29) is 23.8 Å². The minimum absolute atomic E-state index is 0.187. The van der Waals surface area contributed by atoms with E-state index in [2.05, 4.69) is 10.3 Å². The van der Waals surface area contributed by atoms with Crippen molar-refractivity contribution in [3.63, 3.8) is 0 Å². The molecule has 1 heterocycles. The molecule has 0 aliphatic rings. The summed E-state index contributed by atoms with van der Waals surface area (Å²) >= 11 is 1.36. The molecule has 0 aliphatic carbocycles. The molecule has 0 radical (unpaired) electrons. The van der Waals surface area contributed by atoms with Crippen LogP contribution in [0.4, 0.5) is 5.13 Å². The molecule has 1 N–H and O–H groups in total. The number of nitrogens with one attached hydrogen (secondary N) is 1. The van der Waals surface area contributed by atoms with Gasteiger partial charge in [0.05, 0.1) is 17.7 Å². The Bertz CT molecular complexity index is 1080. The van der Waals surface area contributed by atoms with E-state index in [4.69, 9.17) is 4.74 Å². The van der Waals surface area contributed by atoms with Crippen molar-refractivity contribution in [1.82, 2.24) is 9.29 Å². The van der Waals surface area contributed by atoms with E-state index in [1.807, 2.05) is 35.7 Å². The highest BCUT2D eigenvalue weighted by atomic mass is 32.2. The Balaban J connectivity index is 1.49. The summed E-state index contributed by atoms with van der Waals surface area (Å²) < 4.78 is 31.5. The molecule has 1 amide bonds. The molecule has 9 heteroatoms. The Morgan fingerprint density at radius 3 is 2.50 bits per heavy atom. The maximum absolute atomic E-state index is 12.6. The fraction of sp³-hybridized carbons (Fsp3) is 0.238. The lowest BCUT2D eigenvalue weighted by Gasteiger charge is -2.17. The second kappa shape index (κ2) is 9.84. The minimum Gasteiger partial charge on any atom is -0.497 e. The van der Waals surface area contributed by atoms with Gasteiger partial charge in [0.1, 0.15) is 5.75 Å². The van der Waals surface area contributed by atoms with Gasteiger partial charge in [-0.05, 0) is 30.7 Å². The van der Waals surface area contributed by atoms with Crippen LogP contribution >= 0.6 is 11.3 Å². The third kappa shape index (κ3) is 5.44. The molecule has 0 saturated carbocycles. The Morgan fingerprint density at radius 1 is 1.13 bits per heavy atom. The summed E-state index contributed by atoms with van der Waals surface area (Å²) in [5.41, 5.74) is 1.79. The van der Waals surface area contributed by atoms with E-state index >= 15 is 0 Å². The predicted octanol–water partition coefficient (Wildman–Crippen LogP) is 3.86. The van der Waals surface area contributed by atoms with Crippen molar-refractivity contribution in [2.45, 2.75) is 17.7 Å². The van der Waals surface area contributed by atoms with Crippen molar-refractivity contribution in [1.29, 1.82) is 0 Å². The van der Waals surface area contributed by atoms with Crippen LogP contribution in [0.1, 0.15) is 12.8 Å². The van der Waals surface area contributed by atoms with Crippen molar-refractivity contribution in [2.75, 3.05) is 26.0 Å². The molecule has 3 aromatic rings. The van der Waals surface area contributed by atoms with Crippen LogP contribution in [0, 0.1) is 0 Å². The number of carbonyl (C=O) groups excluding carboxylic acids is 1. The van der Waals surface area contributed by atoms with Crippen LogP contribution in [0.25, 0.3) is 11.3 Å². The molecule has 7 nitrogen and oxygen atoms in total. The van der Waals surface area contributed by atoms with Gasteiger partial charge in [-0.3, -0.25) is 4.79 Å². The van der Waals surface area contributed by atoms with Gasteiger partial charge >= 0.3 is 0 Å². The number of hydrogen-bond acceptors (Lipinski definition) is 6. The molecule has 0 atom stereocenters. The molecule has 30 heavy (non-hydrogen) atoms. The second-order valence-electron chi connectivity index (χ2n) is 6.56. The number of hydrogen-bond donors (Lipinski definition) is 1. The minimum atomic E-state index is -3.61. The maximum atomic E-state index is 12.6. The lowest BCUT2D eigenvalue weighted by Crippen LogP contribution is -2.28. The number of aromatic nitrogens is 1. The van der Waals surface area contributed by atoms with E-state index in [9.17, 15) is 13.2 Å². The molecule has 0 unspecified atom stereocenters. The smallest absolute Gasteiger partial charge is 0.242 e. The zero-order valence-electron chi connectivity index (χ0n) is 16.7. The van der Waals surface area contributed by atoms with Crippen LogP contribution in [0.15, 0.2) is 64.9 Å². The van der Waals surface area contributed by atoms with Gasteiger partial charge in [0, 0.05) is 31.0 Å². The quantitative estimate of drug-likeness (QED) is 0.540. The predicted molar refractivity (Wildman–Crippen MR) is 118 cm³/mol. The molecule has 0 bridgehead atoms. The SMILES string of the molecule is COc1ccc(S(=O)(=O)N(C)CCCC(=O)Nc2nc(-c3ccccc3)cs2)cc1. The highest BCUT2D eigenvalue weighted by Crippen LogP contribution is 2.25. The zero-order valence-corrected chi connectivity index (χ0v) is 18.4. The van der Waals surface area contributed by atoms with E-state index in [0.717, 1.165) is 11.3 Å². The first kappa shape index (κ1) is 21.9. The number of ether oxygens (including phenoxy) is 1. The van der Waals surface area contributed by atoms with Crippen LogP contribution in [0.5, 0.6) is 5.75 Å². The number of rotatable bonds is 9. The third-order valence-corrected chi connectivity index (χ3v) is 7.09. The molecule has 158 valence electrons. The zero-order chi connectivity index (χ0) is 21.6. The monoisotopic (exact) mass is 445 g/mol. The average molecular weight is 446 g/mol. The van der Waals surface area contributed by atoms with Gasteiger partial charge in [-0.2, -0.15) is 0 Å². The van der Waals surface area contributed by atoms with E-state index in [1.165, 1.54) is 41.9 Å². The van der Waals surface area contributed by atoms with Crippen LogP contribution in [0.2, 0.25) is 0 Å². The Kier molecular flexibility index (Phi) is 7.20. The van der Waals surface area contributed by atoms with Crippen molar-refractivity contribution in [2.24, 2.45) is 0 Å². The summed E-state index contributed by atoms with van der Waals surface area (Å²) in [5.74, 6) is 0.394.